The second kappa shape index (κ2) is 9.12. The Labute approximate surface area is 130 Å². The fourth-order valence-electron chi connectivity index (χ4n) is 4.10. The van der Waals surface area contributed by atoms with Gasteiger partial charge in [-0.3, -0.25) is 0 Å². The molecule has 0 heterocycles. The third-order valence-corrected chi connectivity index (χ3v) is 5.65. The van der Waals surface area contributed by atoms with Crippen molar-refractivity contribution in [1.82, 2.24) is 5.32 Å². The lowest BCUT2D eigenvalue weighted by molar-refractivity contribution is -0.0505. The van der Waals surface area contributed by atoms with E-state index in [2.05, 4.69) is 19.2 Å². The predicted molar refractivity (Wildman–Crippen MR) is 87.4 cm³/mol. The van der Waals surface area contributed by atoms with Crippen molar-refractivity contribution < 1.29 is 9.84 Å². The Bertz CT molecular complexity index is 278. The molecule has 2 aliphatic carbocycles. The minimum absolute atomic E-state index is 0.367. The van der Waals surface area contributed by atoms with E-state index in [9.17, 15) is 5.11 Å². The van der Waals surface area contributed by atoms with Crippen LogP contribution in [-0.4, -0.2) is 36.5 Å². The third-order valence-electron chi connectivity index (χ3n) is 5.65. The Kier molecular flexibility index (Phi) is 7.48. The van der Waals surface area contributed by atoms with Crippen LogP contribution in [0.4, 0.5) is 0 Å². The zero-order valence-corrected chi connectivity index (χ0v) is 14.0. The van der Waals surface area contributed by atoms with Gasteiger partial charge < -0.3 is 15.2 Å². The molecule has 0 aromatic rings. The van der Waals surface area contributed by atoms with Gasteiger partial charge in [-0.1, -0.05) is 39.0 Å². The Morgan fingerprint density at radius 2 is 1.76 bits per heavy atom. The summed E-state index contributed by atoms with van der Waals surface area (Å²) in [5.74, 6) is 1.51. The number of aliphatic hydroxyl groups is 1. The molecule has 2 rings (SSSR count). The molecule has 0 saturated heterocycles. The highest BCUT2D eigenvalue weighted by Crippen LogP contribution is 2.29. The number of rotatable bonds is 8. The summed E-state index contributed by atoms with van der Waals surface area (Å²) in [4.78, 5) is 0. The van der Waals surface area contributed by atoms with Crippen molar-refractivity contribution in [2.24, 2.45) is 11.8 Å². The number of aliphatic hydroxyl groups excluding tert-OH is 1. The average molecular weight is 297 g/mol. The minimum Gasteiger partial charge on any atom is -0.389 e. The molecular weight excluding hydrogens is 262 g/mol. The van der Waals surface area contributed by atoms with E-state index in [4.69, 9.17) is 4.74 Å². The highest BCUT2D eigenvalue weighted by molar-refractivity contribution is 4.79. The van der Waals surface area contributed by atoms with Crippen LogP contribution in [0.3, 0.4) is 0 Å². The summed E-state index contributed by atoms with van der Waals surface area (Å²) in [6, 6.07) is 0.528. The molecule has 0 amide bonds. The molecule has 2 N–H and O–H groups in total. The molecule has 0 aromatic heterocycles. The summed E-state index contributed by atoms with van der Waals surface area (Å²) in [7, 11) is 0. The van der Waals surface area contributed by atoms with Gasteiger partial charge in [-0.25, -0.2) is 0 Å². The highest BCUT2D eigenvalue weighted by atomic mass is 16.5. The molecule has 0 aliphatic heterocycles. The number of ether oxygens (including phenoxy) is 1. The zero-order chi connectivity index (χ0) is 15.1. The molecule has 0 spiro atoms. The van der Waals surface area contributed by atoms with Gasteiger partial charge in [-0.15, -0.1) is 0 Å². The van der Waals surface area contributed by atoms with Gasteiger partial charge in [0, 0.05) is 12.6 Å². The molecule has 124 valence electrons. The number of hydrogen-bond donors (Lipinski definition) is 2. The van der Waals surface area contributed by atoms with Crippen LogP contribution in [0, 0.1) is 11.8 Å². The van der Waals surface area contributed by atoms with Crippen LogP contribution in [0.1, 0.15) is 71.6 Å². The molecule has 2 fully saturated rings. The molecular formula is C18H35NO2. The topological polar surface area (TPSA) is 41.5 Å². The SMILES string of the molecule is CCC1CCCCC1OCC(O)CN[C@@H](C)C1CCCC1. The van der Waals surface area contributed by atoms with Gasteiger partial charge in [0.25, 0.3) is 0 Å². The standard InChI is InChI=1S/C18H35NO2/c1-3-15-8-6-7-11-18(15)21-13-17(20)12-19-14(2)16-9-4-5-10-16/h14-20H,3-13H2,1-2H3/t14-,15?,17?,18?/m0/s1. The van der Waals surface area contributed by atoms with E-state index >= 15 is 0 Å². The Morgan fingerprint density at radius 3 is 2.48 bits per heavy atom. The van der Waals surface area contributed by atoms with E-state index in [0.717, 1.165) is 5.92 Å². The molecule has 4 atom stereocenters. The lowest BCUT2D eigenvalue weighted by atomic mass is 9.85. The van der Waals surface area contributed by atoms with Crippen LogP contribution in [-0.2, 0) is 4.74 Å². The molecule has 0 radical (unpaired) electrons. The van der Waals surface area contributed by atoms with Crippen molar-refractivity contribution in [3.8, 4) is 0 Å². The first kappa shape index (κ1) is 17.2. The quantitative estimate of drug-likeness (QED) is 0.720. The second-order valence-electron chi connectivity index (χ2n) is 7.22. The summed E-state index contributed by atoms with van der Waals surface area (Å²) in [5, 5.41) is 13.7. The molecule has 2 aliphatic rings. The first-order chi connectivity index (χ1) is 10.2. The maximum Gasteiger partial charge on any atom is 0.0897 e. The predicted octanol–water partition coefficient (Wildman–Crippen LogP) is 3.50. The molecule has 2 saturated carbocycles. The summed E-state index contributed by atoms with van der Waals surface area (Å²) < 4.78 is 6.02. The van der Waals surface area contributed by atoms with Gasteiger partial charge in [-0.05, 0) is 44.4 Å². The first-order valence-corrected chi connectivity index (χ1v) is 9.23. The van der Waals surface area contributed by atoms with E-state index in [1.807, 2.05) is 0 Å². The normalized spacial score (nSPS) is 30.4. The minimum atomic E-state index is -0.367. The maximum atomic E-state index is 10.1. The van der Waals surface area contributed by atoms with Crippen LogP contribution >= 0.6 is 0 Å². The van der Waals surface area contributed by atoms with Crippen molar-refractivity contribution in [2.45, 2.75) is 89.9 Å². The van der Waals surface area contributed by atoms with Gasteiger partial charge in [0.15, 0.2) is 0 Å². The molecule has 0 aromatic carbocycles. The Balaban J connectivity index is 1.61. The Hall–Kier alpha value is -0.120. The van der Waals surface area contributed by atoms with Gasteiger partial charge in [-0.2, -0.15) is 0 Å². The second-order valence-corrected chi connectivity index (χ2v) is 7.22. The van der Waals surface area contributed by atoms with Crippen molar-refractivity contribution in [1.29, 1.82) is 0 Å². The first-order valence-electron chi connectivity index (χ1n) is 9.23. The van der Waals surface area contributed by atoms with Crippen molar-refractivity contribution in [2.75, 3.05) is 13.2 Å². The van der Waals surface area contributed by atoms with E-state index in [1.54, 1.807) is 0 Å². The maximum absolute atomic E-state index is 10.1. The van der Waals surface area contributed by atoms with Gasteiger partial charge >= 0.3 is 0 Å². The largest absolute Gasteiger partial charge is 0.389 e. The van der Waals surface area contributed by atoms with Gasteiger partial charge in [0.05, 0.1) is 18.8 Å². The summed E-state index contributed by atoms with van der Waals surface area (Å²) in [5.41, 5.74) is 0. The smallest absolute Gasteiger partial charge is 0.0897 e. The Morgan fingerprint density at radius 1 is 1.10 bits per heavy atom. The third kappa shape index (κ3) is 5.54. The molecule has 3 unspecified atom stereocenters. The van der Waals surface area contributed by atoms with Gasteiger partial charge in [0.1, 0.15) is 0 Å². The monoisotopic (exact) mass is 297 g/mol. The van der Waals surface area contributed by atoms with Crippen molar-refractivity contribution >= 4 is 0 Å². The summed E-state index contributed by atoms with van der Waals surface area (Å²) >= 11 is 0. The molecule has 0 bridgehead atoms. The van der Waals surface area contributed by atoms with Gasteiger partial charge in [0.2, 0.25) is 0 Å². The molecule has 3 nitrogen and oxygen atoms in total. The van der Waals surface area contributed by atoms with E-state index in [0.29, 0.717) is 31.2 Å². The van der Waals surface area contributed by atoms with Crippen molar-refractivity contribution in [3.05, 3.63) is 0 Å². The van der Waals surface area contributed by atoms with Crippen LogP contribution in [0.25, 0.3) is 0 Å². The molecule has 3 heteroatoms. The lowest BCUT2D eigenvalue weighted by Gasteiger charge is -2.31. The number of nitrogens with one attached hydrogen (secondary N) is 1. The average Bonchev–Trinajstić information content (AvgIpc) is 3.05. The van der Waals surface area contributed by atoms with Crippen LogP contribution in [0.15, 0.2) is 0 Å². The fraction of sp³-hybridized carbons (Fsp3) is 1.00. The zero-order valence-electron chi connectivity index (χ0n) is 14.0. The summed E-state index contributed by atoms with van der Waals surface area (Å²) in [6.45, 7) is 5.68. The van der Waals surface area contributed by atoms with E-state index in [-0.39, 0.29) is 6.10 Å². The lowest BCUT2D eigenvalue weighted by Crippen LogP contribution is -2.40. The van der Waals surface area contributed by atoms with Crippen LogP contribution in [0.2, 0.25) is 0 Å². The highest BCUT2D eigenvalue weighted by Gasteiger charge is 2.25. The van der Waals surface area contributed by atoms with E-state index < -0.39 is 0 Å². The van der Waals surface area contributed by atoms with Crippen LogP contribution < -0.4 is 5.32 Å². The van der Waals surface area contributed by atoms with Crippen molar-refractivity contribution in [3.63, 3.8) is 0 Å². The fourth-order valence-corrected chi connectivity index (χ4v) is 4.10. The van der Waals surface area contributed by atoms with E-state index in [1.165, 1.54) is 57.8 Å². The number of hydrogen-bond acceptors (Lipinski definition) is 3. The summed E-state index contributed by atoms with van der Waals surface area (Å²) in [6.07, 6.45) is 11.8. The molecule has 21 heavy (non-hydrogen) atoms. The van der Waals surface area contributed by atoms with Crippen LogP contribution in [0.5, 0.6) is 0 Å².